The number of benzene rings is 1. The number of aromatic nitrogens is 1. The lowest BCUT2D eigenvalue weighted by molar-refractivity contribution is 0.0852. The first-order chi connectivity index (χ1) is 12.3. The Kier molecular flexibility index (Phi) is 3.21. The van der Waals surface area contributed by atoms with E-state index in [1.165, 1.54) is 5.56 Å². The van der Waals surface area contributed by atoms with Crippen LogP contribution in [0.4, 0.5) is 0 Å². The summed E-state index contributed by atoms with van der Waals surface area (Å²) in [6.45, 7) is 1.95. The van der Waals surface area contributed by atoms with Crippen molar-refractivity contribution in [3.63, 3.8) is 0 Å². The van der Waals surface area contributed by atoms with E-state index in [9.17, 15) is 0 Å². The van der Waals surface area contributed by atoms with E-state index >= 15 is 0 Å². The Morgan fingerprint density at radius 1 is 1.12 bits per heavy atom. The first kappa shape index (κ1) is 14.7. The number of aliphatic imine (C=N–C) groups is 1. The van der Waals surface area contributed by atoms with Gasteiger partial charge in [0, 0.05) is 25.0 Å². The second-order valence-corrected chi connectivity index (χ2v) is 6.71. The molecule has 1 aromatic carbocycles. The average molecular weight is 337 g/mol. The molecule has 1 saturated heterocycles. The Morgan fingerprint density at radius 2 is 1.96 bits per heavy atom. The molecule has 2 N–H and O–H groups in total. The van der Waals surface area contributed by atoms with E-state index in [0.717, 1.165) is 42.9 Å². The van der Waals surface area contributed by atoms with Gasteiger partial charge in [-0.15, -0.1) is 0 Å². The molecule has 0 aliphatic carbocycles. The summed E-state index contributed by atoms with van der Waals surface area (Å²) in [6.07, 6.45) is 3.93. The van der Waals surface area contributed by atoms with E-state index in [-0.39, 0.29) is 6.02 Å². The number of ether oxygens (including phenoxy) is 3. The van der Waals surface area contributed by atoms with Gasteiger partial charge in [0.2, 0.25) is 5.88 Å². The van der Waals surface area contributed by atoms with Crippen LogP contribution in [0, 0.1) is 0 Å². The molecular weight excluding hydrogens is 318 g/mol. The lowest BCUT2D eigenvalue weighted by Crippen LogP contribution is -2.31. The number of pyridine rings is 1. The zero-order chi connectivity index (χ0) is 16.9. The fourth-order valence-corrected chi connectivity index (χ4v) is 3.95. The zero-order valence-electron chi connectivity index (χ0n) is 13.8. The monoisotopic (exact) mass is 337 g/mol. The molecule has 1 fully saturated rings. The maximum atomic E-state index is 6.04. The molecule has 1 atom stereocenters. The van der Waals surface area contributed by atoms with Gasteiger partial charge in [-0.25, -0.2) is 9.98 Å². The highest BCUT2D eigenvalue weighted by molar-refractivity contribution is 5.76. The molecule has 0 radical (unpaired) electrons. The predicted molar refractivity (Wildman–Crippen MR) is 91.9 cm³/mol. The van der Waals surface area contributed by atoms with Gasteiger partial charge >= 0.3 is 0 Å². The number of rotatable bonds is 1. The predicted octanol–water partition coefficient (Wildman–Crippen LogP) is 2.67. The highest BCUT2D eigenvalue weighted by atomic mass is 16.5. The third kappa shape index (κ3) is 2.21. The molecule has 4 heterocycles. The van der Waals surface area contributed by atoms with Crippen molar-refractivity contribution in [1.29, 1.82) is 0 Å². The molecule has 25 heavy (non-hydrogen) atoms. The van der Waals surface area contributed by atoms with Crippen LogP contribution in [0.3, 0.4) is 0 Å². The molecular formula is C19H19N3O3. The molecule has 3 aliphatic heterocycles. The second-order valence-electron chi connectivity index (χ2n) is 6.71. The minimum atomic E-state index is -0.678. The van der Waals surface area contributed by atoms with E-state index in [2.05, 4.69) is 16.0 Å². The van der Waals surface area contributed by atoms with Crippen LogP contribution in [-0.4, -0.2) is 30.8 Å². The molecule has 2 aromatic rings. The van der Waals surface area contributed by atoms with E-state index < -0.39 is 5.54 Å². The van der Waals surface area contributed by atoms with Gasteiger partial charge in [0.05, 0.1) is 5.56 Å². The van der Waals surface area contributed by atoms with Crippen LogP contribution < -0.4 is 10.5 Å². The molecule has 0 saturated carbocycles. The number of hydrogen-bond donors (Lipinski definition) is 1. The van der Waals surface area contributed by atoms with Gasteiger partial charge in [-0.2, -0.15) is 0 Å². The van der Waals surface area contributed by atoms with Gasteiger partial charge in [-0.05, 0) is 36.5 Å². The quantitative estimate of drug-likeness (QED) is 0.865. The van der Waals surface area contributed by atoms with E-state index in [1.807, 2.05) is 30.5 Å². The van der Waals surface area contributed by atoms with Gasteiger partial charge < -0.3 is 19.9 Å². The summed E-state index contributed by atoms with van der Waals surface area (Å²) < 4.78 is 17.1. The third-order valence-electron chi connectivity index (χ3n) is 5.28. The van der Waals surface area contributed by atoms with Crippen LogP contribution in [-0.2, 0) is 15.0 Å². The highest BCUT2D eigenvalue weighted by Gasteiger charge is 2.47. The molecule has 0 unspecified atom stereocenters. The van der Waals surface area contributed by atoms with Gasteiger partial charge in [-0.1, -0.05) is 18.2 Å². The molecule has 3 aliphatic rings. The van der Waals surface area contributed by atoms with Crippen LogP contribution in [0.25, 0.3) is 0 Å². The van der Waals surface area contributed by atoms with Crippen molar-refractivity contribution in [3.8, 4) is 11.6 Å². The normalized spacial score (nSPS) is 24.9. The molecule has 0 bridgehead atoms. The number of fused-ring (bicyclic) bond motifs is 4. The smallest absolute Gasteiger partial charge is 0.283 e. The van der Waals surface area contributed by atoms with Gasteiger partial charge in [0.1, 0.15) is 12.4 Å². The van der Waals surface area contributed by atoms with Crippen molar-refractivity contribution in [3.05, 3.63) is 53.2 Å². The van der Waals surface area contributed by atoms with E-state index in [1.54, 1.807) is 0 Å². The minimum absolute atomic E-state index is 0.208. The van der Waals surface area contributed by atoms with E-state index in [4.69, 9.17) is 19.9 Å². The second kappa shape index (κ2) is 5.46. The van der Waals surface area contributed by atoms with Crippen LogP contribution in [0.5, 0.6) is 11.6 Å². The average Bonchev–Trinajstić information content (AvgIpc) is 3.05. The Morgan fingerprint density at radius 3 is 2.76 bits per heavy atom. The topological polar surface area (TPSA) is 79.0 Å². The lowest BCUT2D eigenvalue weighted by Gasteiger charge is -2.33. The van der Waals surface area contributed by atoms with Crippen LogP contribution in [0.15, 0.2) is 41.5 Å². The summed E-state index contributed by atoms with van der Waals surface area (Å²) in [4.78, 5) is 9.28. The van der Waals surface area contributed by atoms with Crippen LogP contribution >= 0.6 is 0 Å². The largest absolute Gasteiger partial charge is 0.462 e. The third-order valence-corrected chi connectivity index (χ3v) is 5.28. The molecule has 1 aromatic heterocycles. The molecule has 6 heteroatoms. The van der Waals surface area contributed by atoms with Crippen LogP contribution in [0.1, 0.15) is 35.4 Å². The summed E-state index contributed by atoms with van der Waals surface area (Å²) in [7, 11) is 0. The Balaban J connectivity index is 1.67. The Labute approximate surface area is 145 Å². The van der Waals surface area contributed by atoms with Crippen molar-refractivity contribution in [1.82, 2.24) is 4.98 Å². The number of para-hydroxylation sites is 1. The number of nitrogens with two attached hydrogens (primary N) is 1. The maximum absolute atomic E-state index is 6.04. The number of nitrogens with zero attached hydrogens (tertiary/aromatic N) is 2. The standard InChI is InChI=1S/C19H19N3O3/c20-18-22-19(11-24-18)14-3-1-2-4-16(14)25-17-15(19)9-13(10-21-17)12-5-7-23-8-6-12/h1-4,9-10,12H,5-8,11H2,(H2,20,22)/t19-/m0/s1. The SMILES string of the molecule is NC1=N[C@@]2(CO1)c1ccccc1Oc1ncc(C3CCOCC3)cc12. The molecule has 128 valence electrons. The van der Waals surface area contributed by atoms with Gasteiger partial charge in [0.25, 0.3) is 6.02 Å². The first-order valence-corrected chi connectivity index (χ1v) is 8.60. The molecule has 6 nitrogen and oxygen atoms in total. The van der Waals surface area contributed by atoms with Crippen molar-refractivity contribution < 1.29 is 14.2 Å². The summed E-state index contributed by atoms with van der Waals surface area (Å²) in [6, 6.07) is 10.2. The Bertz CT molecular complexity index is 861. The van der Waals surface area contributed by atoms with Gasteiger partial charge in [-0.3, -0.25) is 0 Å². The van der Waals surface area contributed by atoms with Crippen molar-refractivity contribution in [2.45, 2.75) is 24.3 Å². The minimum Gasteiger partial charge on any atom is -0.462 e. The number of hydrogen-bond acceptors (Lipinski definition) is 6. The molecule has 0 amide bonds. The lowest BCUT2D eigenvalue weighted by atomic mass is 9.81. The number of amidine groups is 1. The van der Waals surface area contributed by atoms with Crippen molar-refractivity contribution in [2.24, 2.45) is 10.7 Å². The fraction of sp³-hybridized carbons (Fsp3) is 0.368. The summed E-state index contributed by atoms with van der Waals surface area (Å²) in [5, 5.41) is 0. The van der Waals surface area contributed by atoms with Crippen molar-refractivity contribution >= 4 is 6.02 Å². The van der Waals surface area contributed by atoms with Crippen molar-refractivity contribution in [2.75, 3.05) is 19.8 Å². The first-order valence-electron chi connectivity index (χ1n) is 8.60. The zero-order valence-corrected chi connectivity index (χ0v) is 13.8. The Hall–Kier alpha value is -2.60. The van der Waals surface area contributed by atoms with Gasteiger partial charge in [0.15, 0.2) is 5.54 Å². The molecule has 5 rings (SSSR count). The molecule has 1 spiro atoms. The highest BCUT2D eigenvalue weighted by Crippen LogP contribution is 2.50. The fourth-order valence-electron chi connectivity index (χ4n) is 3.95. The van der Waals surface area contributed by atoms with E-state index in [0.29, 0.717) is 18.4 Å². The van der Waals surface area contributed by atoms with Crippen LogP contribution in [0.2, 0.25) is 0 Å². The summed E-state index contributed by atoms with van der Waals surface area (Å²) in [5.41, 5.74) is 8.30. The summed E-state index contributed by atoms with van der Waals surface area (Å²) >= 11 is 0. The maximum Gasteiger partial charge on any atom is 0.283 e. The summed E-state index contributed by atoms with van der Waals surface area (Å²) in [5.74, 6) is 1.78.